The molecule has 1 N–H and O–H groups in total. The number of hydrogen-bond acceptors (Lipinski definition) is 1. The molecule has 6 atom stereocenters. The quantitative estimate of drug-likeness (QED) is 0.564. The van der Waals surface area contributed by atoms with Gasteiger partial charge in [0.1, 0.15) is 0 Å². The fraction of sp³-hybridized carbons (Fsp3) is 0.833. The molecule has 3 aliphatic carbocycles. The summed E-state index contributed by atoms with van der Waals surface area (Å²) < 4.78 is 0. The molecule has 2 bridgehead atoms. The van der Waals surface area contributed by atoms with E-state index in [2.05, 4.69) is 19.9 Å². The standard InChI is InChI=1S/C12H18O/c1-6-3-4-8-9-5-10(11(6)8)12(13)7(9)2/h3,7-13H,4-5H2,1-2H3/t7-,8-,9+,10+,11+,12-/m0/s1. The van der Waals surface area contributed by atoms with Gasteiger partial charge in [-0.2, -0.15) is 0 Å². The highest BCUT2D eigenvalue weighted by molar-refractivity contribution is 5.22. The minimum Gasteiger partial charge on any atom is -0.393 e. The lowest BCUT2D eigenvalue weighted by Gasteiger charge is -2.34. The van der Waals surface area contributed by atoms with E-state index in [9.17, 15) is 5.11 Å². The molecule has 0 heterocycles. The predicted molar refractivity (Wildman–Crippen MR) is 52.1 cm³/mol. The van der Waals surface area contributed by atoms with Gasteiger partial charge in [-0.15, -0.1) is 0 Å². The predicted octanol–water partition coefficient (Wildman–Crippen LogP) is 2.22. The lowest BCUT2D eigenvalue weighted by Crippen LogP contribution is -2.35. The van der Waals surface area contributed by atoms with Crippen molar-refractivity contribution in [3.05, 3.63) is 11.6 Å². The highest BCUT2D eigenvalue weighted by Crippen LogP contribution is 2.60. The molecule has 1 heteroatoms. The first-order chi connectivity index (χ1) is 6.20. The van der Waals surface area contributed by atoms with Crippen LogP contribution >= 0.6 is 0 Å². The number of aliphatic hydroxyl groups excluding tert-OH is 1. The Morgan fingerprint density at radius 3 is 2.85 bits per heavy atom. The molecule has 0 aromatic heterocycles. The van der Waals surface area contributed by atoms with Gasteiger partial charge in [-0.1, -0.05) is 18.6 Å². The molecule has 0 unspecified atom stereocenters. The van der Waals surface area contributed by atoms with E-state index in [1.807, 2.05) is 0 Å². The third kappa shape index (κ3) is 0.817. The zero-order valence-electron chi connectivity index (χ0n) is 8.40. The van der Waals surface area contributed by atoms with E-state index in [-0.39, 0.29) is 6.10 Å². The molecule has 3 aliphatic rings. The van der Waals surface area contributed by atoms with Gasteiger partial charge in [-0.05, 0) is 49.4 Å². The maximum Gasteiger partial charge on any atom is 0.0602 e. The van der Waals surface area contributed by atoms with E-state index in [1.54, 1.807) is 5.57 Å². The van der Waals surface area contributed by atoms with E-state index in [0.717, 1.165) is 17.8 Å². The summed E-state index contributed by atoms with van der Waals surface area (Å²) in [5.74, 6) is 3.62. The molecule has 0 aromatic rings. The largest absolute Gasteiger partial charge is 0.393 e. The van der Waals surface area contributed by atoms with Crippen molar-refractivity contribution >= 4 is 0 Å². The second-order valence-corrected chi connectivity index (χ2v) is 5.29. The summed E-state index contributed by atoms with van der Waals surface area (Å²) in [6, 6.07) is 0. The average Bonchev–Trinajstić information content (AvgIpc) is 2.70. The number of allylic oxidation sites excluding steroid dienone is 2. The Bertz CT molecular complexity index is 268. The summed E-state index contributed by atoms with van der Waals surface area (Å²) in [6.45, 7) is 4.49. The molecule has 0 aliphatic heterocycles. The molecule has 13 heavy (non-hydrogen) atoms. The lowest BCUT2D eigenvalue weighted by molar-refractivity contribution is 0.0263. The van der Waals surface area contributed by atoms with Gasteiger partial charge in [0.2, 0.25) is 0 Å². The van der Waals surface area contributed by atoms with Crippen molar-refractivity contribution in [2.45, 2.75) is 32.8 Å². The van der Waals surface area contributed by atoms with E-state index >= 15 is 0 Å². The van der Waals surface area contributed by atoms with Gasteiger partial charge in [-0.25, -0.2) is 0 Å². The first kappa shape index (κ1) is 8.05. The first-order valence-corrected chi connectivity index (χ1v) is 5.55. The van der Waals surface area contributed by atoms with Gasteiger partial charge in [0.25, 0.3) is 0 Å². The van der Waals surface area contributed by atoms with Gasteiger partial charge >= 0.3 is 0 Å². The number of fused-ring (bicyclic) bond motifs is 5. The summed E-state index contributed by atoms with van der Waals surface area (Å²) >= 11 is 0. The summed E-state index contributed by atoms with van der Waals surface area (Å²) in [5.41, 5.74) is 1.56. The van der Waals surface area contributed by atoms with Crippen molar-refractivity contribution in [2.75, 3.05) is 0 Å². The molecule has 0 spiro atoms. The van der Waals surface area contributed by atoms with Gasteiger partial charge in [0.05, 0.1) is 6.10 Å². The zero-order chi connectivity index (χ0) is 9.16. The van der Waals surface area contributed by atoms with E-state index in [0.29, 0.717) is 11.8 Å². The second-order valence-electron chi connectivity index (χ2n) is 5.29. The van der Waals surface area contributed by atoms with Gasteiger partial charge < -0.3 is 5.11 Å². The Kier molecular flexibility index (Phi) is 1.48. The van der Waals surface area contributed by atoms with Crippen molar-refractivity contribution < 1.29 is 5.11 Å². The molecule has 2 fully saturated rings. The maximum absolute atomic E-state index is 10.0. The topological polar surface area (TPSA) is 20.2 Å². The summed E-state index contributed by atoms with van der Waals surface area (Å²) in [6.07, 6.45) is 4.98. The van der Waals surface area contributed by atoms with E-state index in [1.165, 1.54) is 12.8 Å². The Morgan fingerprint density at radius 1 is 1.31 bits per heavy atom. The Morgan fingerprint density at radius 2 is 2.08 bits per heavy atom. The molecule has 0 amide bonds. The summed E-state index contributed by atoms with van der Waals surface area (Å²) in [4.78, 5) is 0. The molecular weight excluding hydrogens is 160 g/mol. The van der Waals surface area contributed by atoms with E-state index < -0.39 is 0 Å². The van der Waals surface area contributed by atoms with Gasteiger partial charge in [0, 0.05) is 0 Å². The zero-order valence-corrected chi connectivity index (χ0v) is 8.40. The third-order valence-electron chi connectivity index (χ3n) is 4.91. The van der Waals surface area contributed by atoms with Gasteiger partial charge in [-0.3, -0.25) is 0 Å². The second kappa shape index (κ2) is 2.38. The maximum atomic E-state index is 10.0. The monoisotopic (exact) mass is 178 g/mol. The van der Waals surface area contributed by atoms with Crippen molar-refractivity contribution in [1.82, 2.24) is 0 Å². The highest BCUT2D eigenvalue weighted by Gasteiger charge is 2.57. The lowest BCUT2D eigenvalue weighted by atomic mass is 9.73. The minimum absolute atomic E-state index is 0.00676. The van der Waals surface area contributed by atoms with Crippen molar-refractivity contribution in [1.29, 1.82) is 0 Å². The summed E-state index contributed by atoms with van der Waals surface area (Å²) in [7, 11) is 0. The van der Waals surface area contributed by atoms with Crippen molar-refractivity contribution in [3.8, 4) is 0 Å². The molecule has 3 rings (SSSR count). The normalized spacial score (nSPS) is 58.2. The van der Waals surface area contributed by atoms with Crippen LogP contribution in [0, 0.1) is 29.6 Å². The number of rotatable bonds is 0. The van der Waals surface area contributed by atoms with Crippen LogP contribution in [-0.4, -0.2) is 11.2 Å². The van der Waals surface area contributed by atoms with Crippen LogP contribution in [0.5, 0.6) is 0 Å². The molecule has 2 saturated carbocycles. The molecule has 0 saturated heterocycles. The van der Waals surface area contributed by atoms with Crippen LogP contribution in [0.1, 0.15) is 26.7 Å². The first-order valence-electron chi connectivity index (χ1n) is 5.55. The molecule has 0 radical (unpaired) electrons. The van der Waals surface area contributed by atoms with Crippen LogP contribution in [0.25, 0.3) is 0 Å². The van der Waals surface area contributed by atoms with Crippen LogP contribution in [-0.2, 0) is 0 Å². The highest BCUT2D eigenvalue weighted by atomic mass is 16.3. The van der Waals surface area contributed by atoms with E-state index in [4.69, 9.17) is 0 Å². The average molecular weight is 178 g/mol. The van der Waals surface area contributed by atoms with Crippen LogP contribution in [0.3, 0.4) is 0 Å². The Labute approximate surface area is 79.8 Å². The summed E-state index contributed by atoms with van der Waals surface area (Å²) in [5, 5.41) is 10.0. The molecule has 0 aromatic carbocycles. The van der Waals surface area contributed by atoms with Gasteiger partial charge in [0.15, 0.2) is 0 Å². The van der Waals surface area contributed by atoms with Crippen LogP contribution < -0.4 is 0 Å². The minimum atomic E-state index is -0.00676. The molecule has 72 valence electrons. The molecule has 1 nitrogen and oxygen atoms in total. The SMILES string of the molecule is CC1=CC[C@H]2[C@@H]3C[C@@H]([C@@H](O)[C@H]3C)[C@H]12. The Hall–Kier alpha value is -0.300. The fourth-order valence-electron chi connectivity index (χ4n) is 4.27. The van der Waals surface area contributed by atoms with Crippen LogP contribution in [0.15, 0.2) is 11.6 Å². The number of hydrogen-bond donors (Lipinski definition) is 1. The fourth-order valence-corrected chi connectivity index (χ4v) is 4.27. The smallest absolute Gasteiger partial charge is 0.0602 e. The number of aliphatic hydroxyl groups is 1. The van der Waals surface area contributed by atoms with Crippen molar-refractivity contribution in [2.24, 2.45) is 29.6 Å². The molecular formula is C12H18O. The van der Waals surface area contributed by atoms with Crippen molar-refractivity contribution in [3.63, 3.8) is 0 Å². The van der Waals surface area contributed by atoms with Crippen LogP contribution in [0.4, 0.5) is 0 Å². The Balaban J connectivity index is 1.96. The third-order valence-corrected chi connectivity index (χ3v) is 4.91. The van der Waals surface area contributed by atoms with Crippen LogP contribution in [0.2, 0.25) is 0 Å².